The average Bonchev–Trinajstić information content (AvgIpc) is 2.91. The van der Waals surface area contributed by atoms with Gasteiger partial charge in [-0.25, -0.2) is 0 Å². The van der Waals surface area contributed by atoms with Crippen molar-refractivity contribution >= 4 is 0 Å². The van der Waals surface area contributed by atoms with Crippen LogP contribution in [-0.4, -0.2) is 6.04 Å². The molecule has 1 aromatic rings. The molecule has 15 heavy (non-hydrogen) atoms. The van der Waals surface area contributed by atoms with Crippen molar-refractivity contribution in [1.82, 2.24) is 0 Å². The normalized spacial score (nSPS) is 20.0. The van der Waals surface area contributed by atoms with Crippen LogP contribution in [0.2, 0.25) is 0 Å². The van der Waals surface area contributed by atoms with E-state index in [1.54, 1.807) is 0 Å². The van der Waals surface area contributed by atoms with Crippen LogP contribution in [0.25, 0.3) is 0 Å². The van der Waals surface area contributed by atoms with Crippen molar-refractivity contribution in [3.8, 4) is 0 Å². The fourth-order valence-corrected chi connectivity index (χ4v) is 2.07. The first kappa shape index (κ1) is 10.7. The van der Waals surface area contributed by atoms with E-state index in [0.29, 0.717) is 11.5 Å². The molecule has 0 radical (unpaired) electrons. The zero-order valence-corrected chi connectivity index (χ0v) is 10.0. The Bertz CT molecular complexity index is 364. The third-order valence-electron chi connectivity index (χ3n) is 3.88. The third-order valence-corrected chi connectivity index (χ3v) is 3.88. The van der Waals surface area contributed by atoms with Gasteiger partial charge in [-0.2, -0.15) is 0 Å². The molecule has 1 nitrogen and oxygen atoms in total. The van der Waals surface area contributed by atoms with Crippen LogP contribution in [0.5, 0.6) is 0 Å². The molecular weight excluding hydrogens is 182 g/mol. The first-order valence-corrected chi connectivity index (χ1v) is 5.83. The minimum Gasteiger partial charge on any atom is -0.327 e. The summed E-state index contributed by atoms with van der Waals surface area (Å²) in [5.41, 5.74) is 10.8. The molecule has 0 spiro atoms. The number of hydrogen-bond donors (Lipinski definition) is 1. The zero-order valence-electron chi connectivity index (χ0n) is 10.0. The van der Waals surface area contributed by atoms with Gasteiger partial charge in [-0.15, -0.1) is 0 Å². The van der Waals surface area contributed by atoms with Gasteiger partial charge in [0.25, 0.3) is 0 Å². The molecule has 1 fully saturated rings. The average molecular weight is 203 g/mol. The highest BCUT2D eigenvalue weighted by Crippen LogP contribution is 2.48. The molecule has 82 valence electrons. The van der Waals surface area contributed by atoms with Crippen molar-refractivity contribution in [2.24, 2.45) is 11.1 Å². The monoisotopic (exact) mass is 203 g/mol. The lowest BCUT2D eigenvalue weighted by atomic mass is 9.91. The Hall–Kier alpha value is -0.820. The van der Waals surface area contributed by atoms with Crippen molar-refractivity contribution < 1.29 is 0 Å². The van der Waals surface area contributed by atoms with Crippen LogP contribution < -0.4 is 5.73 Å². The summed E-state index contributed by atoms with van der Waals surface area (Å²) in [6.07, 6.45) is 3.64. The van der Waals surface area contributed by atoms with Crippen molar-refractivity contribution in [3.63, 3.8) is 0 Å². The molecule has 1 aliphatic rings. The van der Waals surface area contributed by atoms with E-state index in [1.807, 2.05) is 0 Å². The summed E-state index contributed by atoms with van der Waals surface area (Å²) in [5, 5.41) is 0. The third kappa shape index (κ3) is 2.23. The van der Waals surface area contributed by atoms with Crippen LogP contribution in [0.15, 0.2) is 18.2 Å². The molecule has 1 aliphatic carbocycles. The second-order valence-electron chi connectivity index (χ2n) is 5.39. The lowest BCUT2D eigenvalue weighted by Gasteiger charge is -2.20. The maximum Gasteiger partial charge on any atom is 0.0134 e. The van der Waals surface area contributed by atoms with E-state index < -0.39 is 0 Å². The number of benzene rings is 1. The topological polar surface area (TPSA) is 26.0 Å². The summed E-state index contributed by atoms with van der Waals surface area (Å²) in [7, 11) is 0. The molecule has 1 saturated carbocycles. The predicted octanol–water partition coefficient (Wildman–Crippen LogP) is 2.97. The van der Waals surface area contributed by atoms with Crippen molar-refractivity contribution in [1.29, 1.82) is 0 Å². The van der Waals surface area contributed by atoms with Crippen molar-refractivity contribution in [3.05, 3.63) is 34.9 Å². The number of rotatable bonds is 3. The quantitative estimate of drug-likeness (QED) is 0.803. The Morgan fingerprint density at radius 1 is 1.33 bits per heavy atom. The lowest BCUT2D eigenvalue weighted by Crippen LogP contribution is -2.32. The fourth-order valence-electron chi connectivity index (χ4n) is 2.07. The van der Waals surface area contributed by atoms with Crippen LogP contribution in [0.3, 0.4) is 0 Å². The molecule has 1 aromatic carbocycles. The molecule has 0 amide bonds. The van der Waals surface area contributed by atoms with Gasteiger partial charge in [-0.3, -0.25) is 0 Å². The fraction of sp³-hybridized carbons (Fsp3) is 0.571. The summed E-state index contributed by atoms with van der Waals surface area (Å²) in [5.74, 6) is 0. The Kier molecular flexibility index (Phi) is 2.59. The highest BCUT2D eigenvalue weighted by Gasteiger charge is 2.42. The Morgan fingerprint density at radius 2 is 2.00 bits per heavy atom. The van der Waals surface area contributed by atoms with Crippen LogP contribution in [0, 0.1) is 19.3 Å². The van der Waals surface area contributed by atoms with Crippen molar-refractivity contribution in [2.45, 2.75) is 46.1 Å². The zero-order chi connectivity index (χ0) is 11.1. The molecule has 1 atom stereocenters. The SMILES string of the molecule is Cc1ccc(C)c(CC(N)C2(C)CC2)c1. The summed E-state index contributed by atoms with van der Waals surface area (Å²) in [4.78, 5) is 0. The van der Waals surface area contributed by atoms with Gasteiger partial charge >= 0.3 is 0 Å². The minimum absolute atomic E-state index is 0.331. The second-order valence-corrected chi connectivity index (χ2v) is 5.39. The summed E-state index contributed by atoms with van der Waals surface area (Å²) in [6.45, 7) is 6.63. The molecule has 1 heteroatoms. The first-order valence-electron chi connectivity index (χ1n) is 5.83. The standard InChI is InChI=1S/C14H21N/c1-10-4-5-11(2)12(8-10)9-13(15)14(3)6-7-14/h4-5,8,13H,6-7,9,15H2,1-3H3. The largest absolute Gasteiger partial charge is 0.327 e. The van der Waals surface area contributed by atoms with E-state index in [0.717, 1.165) is 6.42 Å². The van der Waals surface area contributed by atoms with E-state index >= 15 is 0 Å². The van der Waals surface area contributed by atoms with Crippen LogP contribution in [-0.2, 0) is 6.42 Å². The van der Waals surface area contributed by atoms with Gasteiger partial charge in [-0.05, 0) is 49.7 Å². The van der Waals surface area contributed by atoms with Crippen LogP contribution in [0.4, 0.5) is 0 Å². The van der Waals surface area contributed by atoms with Gasteiger partial charge in [0.05, 0.1) is 0 Å². The molecule has 0 aliphatic heterocycles. The molecule has 0 bridgehead atoms. The Labute approximate surface area is 92.7 Å². The van der Waals surface area contributed by atoms with Gasteiger partial charge in [0.15, 0.2) is 0 Å². The second kappa shape index (κ2) is 3.64. The van der Waals surface area contributed by atoms with Gasteiger partial charge in [0.2, 0.25) is 0 Å². The van der Waals surface area contributed by atoms with Gasteiger partial charge in [0.1, 0.15) is 0 Å². The predicted molar refractivity (Wildman–Crippen MR) is 64.9 cm³/mol. The van der Waals surface area contributed by atoms with Gasteiger partial charge in [-0.1, -0.05) is 30.7 Å². The van der Waals surface area contributed by atoms with Crippen LogP contribution in [0.1, 0.15) is 36.5 Å². The van der Waals surface area contributed by atoms with Gasteiger partial charge in [0, 0.05) is 6.04 Å². The van der Waals surface area contributed by atoms with Crippen molar-refractivity contribution in [2.75, 3.05) is 0 Å². The maximum absolute atomic E-state index is 6.26. The molecule has 1 unspecified atom stereocenters. The highest BCUT2D eigenvalue weighted by molar-refractivity contribution is 5.31. The molecule has 2 rings (SSSR count). The molecule has 0 heterocycles. The van der Waals surface area contributed by atoms with E-state index in [1.165, 1.54) is 29.5 Å². The Morgan fingerprint density at radius 3 is 2.60 bits per heavy atom. The highest BCUT2D eigenvalue weighted by atomic mass is 14.7. The minimum atomic E-state index is 0.331. The van der Waals surface area contributed by atoms with Gasteiger partial charge < -0.3 is 5.73 Å². The molecule has 0 saturated heterocycles. The summed E-state index contributed by atoms with van der Waals surface area (Å²) >= 11 is 0. The van der Waals surface area contributed by atoms with Crippen LogP contribution >= 0.6 is 0 Å². The van der Waals surface area contributed by atoms with E-state index in [-0.39, 0.29) is 0 Å². The summed E-state index contributed by atoms with van der Waals surface area (Å²) < 4.78 is 0. The summed E-state index contributed by atoms with van der Waals surface area (Å²) in [6, 6.07) is 6.98. The molecule has 0 aromatic heterocycles. The van der Waals surface area contributed by atoms with E-state index in [9.17, 15) is 0 Å². The lowest BCUT2D eigenvalue weighted by molar-refractivity contribution is 0.432. The van der Waals surface area contributed by atoms with E-state index in [4.69, 9.17) is 5.73 Å². The molecule has 2 N–H and O–H groups in total. The maximum atomic E-state index is 6.26. The smallest absolute Gasteiger partial charge is 0.0134 e. The van der Waals surface area contributed by atoms with E-state index in [2.05, 4.69) is 39.0 Å². The number of nitrogens with two attached hydrogens (primary N) is 1. The molecular formula is C14H21N. The first-order chi connectivity index (χ1) is 7.01. The number of aryl methyl sites for hydroxylation is 2. The number of hydrogen-bond acceptors (Lipinski definition) is 1. The Balaban J connectivity index is 2.13.